The van der Waals surface area contributed by atoms with Crippen molar-refractivity contribution in [3.63, 3.8) is 0 Å². The minimum Gasteiger partial charge on any atom is -0.489 e. The molecule has 0 aliphatic rings. The van der Waals surface area contributed by atoms with Crippen LogP contribution in [0, 0.1) is 17.1 Å². The highest BCUT2D eigenvalue weighted by atomic mass is 35.5. The van der Waals surface area contributed by atoms with E-state index in [2.05, 4.69) is 0 Å². The molecular weight excluding hydrogens is 345 g/mol. The molecule has 0 saturated carbocycles. The Morgan fingerprint density at radius 3 is 2.60 bits per heavy atom. The zero-order valence-electron chi connectivity index (χ0n) is 13.5. The van der Waals surface area contributed by atoms with E-state index in [0.717, 1.165) is 0 Å². The standard InChI is InChI=1S/C19H15ClFNO3/c1-2-24-19(23)14(11-22)10-13-6-8-15(9-7-13)25-12-16-17(20)4-3-5-18(16)21/h3-10H,2,12H2,1H3/b14-10-. The van der Waals surface area contributed by atoms with Crippen LogP contribution in [0.25, 0.3) is 6.08 Å². The molecule has 0 radical (unpaired) electrons. The van der Waals surface area contributed by atoms with Crippen LogP contribution in [0.1, 0.15) is 18.1 Å². The number of carbonyl (C=O) groups excluding carboxylic acids is 1. The second kappa shape index (κ2) is 8.86. The lowest BCUT2D eigenvalue weighted by atomic mass is 10.1. The molecule has 0 saturated heterocycles. The topological polar surface area (TPSA) is 59.3 Å². The van der Waals surface area contributed by atoms with Gasteiger partial charge in [-0.05, 0) is 42.8 Å². The van der Waals surface area contributed by atoms with E-state index in [-0.39, 0.29) is 24.4 Å². The van der Waals surface area contributed by atoms with Crippen LogP contribution in [0.4, 0.5) is 4.39 Å². The van der Waals surface area contributed by atoms with Gasteiger partial charge in [0.25, 0.3) is 0 Å². The molecule has 128 valence electrons. The first kappa shape index (κ1) is 18.5. The van der Waals surface area contributed by atoms with Gasteiger partial charge in [-0.3, -0.25) is 0 Å². The first-order chi connectivity index (χ1) is 12.0. The van der Waals surface area contributed by atoms with Crippen molar-refractivity contribution in [3.8, 4) is 11.8 Å². The number of carbonyl (C=O) groups is 1. The monoisotopic (exact) mass is 359 g/mol. The molecule has 0 bridgehead atoms. The van der Waals surface area contributed by atoms with Gasteiger partial charge in [0, 0.05) is 5.56 Å². The summed E-state index contributed by atoms with van der Waals surface area (Å²) in [5.74, 6) is -0.592. The number of hydrogen-bond acceptors (Lipinski definition) is 4. The molecule has 25 heavy (non-hydrogen) atoms. The molecule has 2 aromatic rings. The Morgan fingerprint density at radius 1 is 1.28 bits per heavy atom. The zero-order valence-corrected chi connectivity index (χ0v) is 14.2. The fourth-order valence-electron chi connectivity index (χ4n) is 2.00. The number of nitrogens with zero attached hydrogens (tertiary/aromatic N) is 1. The minimum atomic E-state index is -0.667. The van der Waals surface area contributed by atoms with E-state index >= 15 is 0 Å². The molecule has 0 fully saturated rings. The van der Waals surface area contributed by atoms with E-state index < -0.39 is 11.8 Å². The largest absolute Gasteiger partial charge is 0.489 e. The molecule has 0 aromatic heterocycles. The molecule has 0 spiro atoms. The summed E-state index contributed by atoms with van der Waals surface area (Å²) in [6, 6.07) is 12.9. The second-order valence-electron chi connectivity index (χ2n) is 4.95. The maximum atomic E-state index is 13.7. The smallest absolute Gasteiger partial charge is 0.348 e. The van der Waals surface area contributed by atoms with Crippen LogP contribution in [-0.2, 0) is 16.1 Å². The third-order valence-corrected chi connectivity index (χ3v) is 3.61. The van der Waals surface area contributed by atoms with Gasteiger partial charge in [-0.1, -0.05) is 29.8 Å². The molecule has 0 heterocycles. The van der Waals surface area contributed by atoms with E-state index in [9.17, 15) is 9.18 Å². The molecule has 0 amide bonds. The van der Waals surface area contributed by atoms with Crippen molar-refractivity contribution in [1.82, 2.24) is 0 Å². The highest BCUT2D eigenvalue weighted by Gasteiger charge is 2.10. The van der Waals surface area contributed by atoms with Gasteiger partial charge in [0.15, 0.2) is 0 Å². The number of esters is 1. The average molecular weight is 360 g/mol. The Kier molecular flexibility index (Phi) is 6.55. The van der Waals surface area contributed by atoms with E-state index in [1.165, 1.54) is 18.2 Å². The Balaban J connectivity index is 2.07. The first-order valence-electron chi connectivity index (χ1n) is 7.49. The highest BCUT2D eigenvalue weighted by molar-refractivity contribution is 6.31. The van der Waals surface area contributed by atoms with E-state index in [0.29, 0.717) is 16.3 Å². The summed E-state index contributed by atoms with van der Waals surface area (Å²) in [7, 11) is 0. The summed E-state index contributed by atoms with van der Waals surface area (Å²) in [5, 5.41) is 9.31. The van der Waals surface area contributed by atoms with Crippen LogP contribution in [0.3, 0.4) is 0 Å². The van der Waals surface area contributed by atoms with Crippen molar-refractivity contribution < 1.29 is 18.7 Å². The van der Waals surface area contributed by atoms with Gasteiger partial charge in [0.1, 0.15) is 29.8 Å². The molecule has 0 atom stereocenters. The molecule has 4 nitrogen and oxygen atoms in total. The van der Waals surface area contributed by atoms with Crippen molar-refractivity contribution in [1.29, 1.82) is 5.26 Å². The zero-order chi connectivity index (χ0) is 18.2. The molecular formula is C19H15ClFNO3. The predicted octanol–water partition coefficient (Wildman–Crippen LogP) is 4.53. The van der Waals surface area contributed by atoms with Crippen molar-refractivity contribution >= 4 is 23.6 Å². The van der Waals surface area contributed by atoms with Crippen LogP contribution < -0.4 is 4.74 Å². The molecule has 2 rings (SSSR count). The lowest BCUT2D eigenvalue weighted by molar-refractivity contribution is -0.137. The van der Waals surface area contributed by atoms with Crippen LogP contribution in [0.5, 0.6) is 5.75 Å². The van der Waals surface area contributed by atoms with Crippen molar-refractivity contribution in [2.75, 3.05) is 6.61 Å². The summed E-state index contributed by atoms with van der Waals surface area (Å²) in [4.78, 5) is 11.6. The molecule has 0 aliphatic carbocycles. The number of hydrogen-bond donors (Lipinski definition) is 0. The summed E-state index contributed by atoms with van der Waals surface area (Å²) < 4.78 is 24.0. The summed E-state index contributed by atoms with van der Waals surface area (Å²) in [6.45, 7) is 1.86. The summed E-state index contributed by atoms with van der Waals surface area (Å²) in [6.07, 6.45) is 1.43. The van der Waals surface area contributed by atoms with Crippen molar-refractivity contribution in [2.45, 2.75) is 13.5 Å². The van der Waals surface area contributed by atoms with Crippen LogP contribution >= 0.6 is 11.6 Å². The minimum absolute atomic E-state index is 0.00698. The SMILES string of the molecule is CCOC(=O)/C(C#N)=C\c1ccc(OCc2c(F)cccc2Cl)cc1. The van der Waals surface area contributed by atoms with Gasteiger partial charge in [-0.25, -0.2) is 9.18 Å². The van der Waals surface area contributed by atoms with Gasteiger partial charge in [0.2, 0.25) is 0 Å². The predicted molar refractivity (Wildman–Crippen MR) is 92.4 cm³/mol. The summed E-state index contributed by atoms with van der Waals surface area (Å²) in [5.41, 5.74) is 0.830. The molecule has 0 N–H and O–H groups in total. The van der Waals surface area contributed by atoms with Crippen LogP contribution in [-0.4, -0.2) is 12.6 Å². The van der Waals surface area contributed by atoms with Gasteiger partial charge in [-0.15, -0.1) is 0 Å². The van der Waals surface area contributed by atoms with E-state index in [1.54, 1.807) is 37.3 Å². The molecule has 6 heteroatoms. The number of benzene rings is 2. The van der Waals surface area contributed by atoms with E-state index in [1.807, 2.05) is 6.07 Å². The number of halogens is 2. The van der Waals surface area contributed by atoms with Crippen molar-refractivity contribution in [2.24, 2.45) is 0 Å². The highest BCUT2D eigenvalue weighted by Crippen LogP contribution is 2.22. The third kappa shape index (κ3) is 5.07. The summed E-state index contributed by atoms with van der Waals surface area (Å²) >= 11 is 5.95. The molecule has 0 aliphatic heterocycles. The van der Waals surface area contributed by atoms with Gasteiger partial charge in [0.05, 0.1) is 11.6 Å². The maximum absolute atomic E-state index is 13.7. The quantitative estimate of drug-likeness (QED) is 0.432. The Bertz CT molecular complexity index is 805. The van der Waals surface area contributed by atoms with Gasteiger partial charge < -0.3 is 9.47 Å². The fraction of sp³-hybridized carbons (Fsp3) is 0.158. The molecule has 2 aromatic carbocycles. The van der Waals surface area contributed by atoms with Gasteiger partial charge in [-0.2, -0.15) is 5.26 Å². The van der Waals surface area contributed by atoms with Crippen molar-refractivity contribution in [3.05, 3.63) is 70.0 Å². The fourth-order valence-corrected chi connectivity index (χ4v) is 2.22. The molecule has 0 unspecified atom stereocenters. The third-order valence-electron chi connectivity index (χ3n) is 3.25. The Labute approximate surface area is 150 Å². The second-order valence-corrected chi connectivity index (χ2v) is 5.36. The number of nitriles is 1. The van der Waals surface area contributed by atoms with Crippen LogP contribution in [0.15, 0.2) is 48.0 Å². The van der Waals surface area contributed by atoms with Gasteiger partial charge >= 0.3 is 5.97 Å². The number of rotatable bonds is 6. The number of ether oxygens (including phenoxy) is 2. The average Bonchev–Trinajstić information content (AvgIpc) is 2.60. The maximum Gasteiger partial charge on any atom is 0.348 e. The lowest BCUT2D eigenvalue weighted by Gasteiger charge is -2.09. The van der Waals surface area contributed by atoms with Crippen LogP contribution in [0.2, 0.25) is 5.02 Å². The first-order valence-corrected chi connectivity index (χ1v) is 7.87. The Hall–Kier alpha value is -2.84. The van der Waals surface area contributed by atoms with E-state index in [4.69, 9.17) is 26.3 Å². The Morgan fingerprint density at radius 2 is 2.00 bits per heavy atom. The normalized spacial score (nSPS) is 10.9. The lowest BCUT2D eigenvalue weighted by Crippen LogP contribution is -2.05.